The highest BCUT2D eigenvalue weighted by molar-refractivity contribution is 4.79. The summed E-state index contributed by atoms with van der Waals surface area (Å²) in [5.41, 5.74) is 0. The minimum Gasteiger partial charge on any atom is -0.381 e. The molecule has 0 bridgehead atoms. The van der Waals surface area contributed by atoms with Crippen molar-refractivity contribution >= 4 is 0 Å². The summed E-state index contributed by atoms with van der Waals surface area (Å²) in [6.07, 6.45) is 2.75. The van der Waals surface area contributed by atoms with Crippen molar-refractivity contribution < 1.29 is 9.47 Å². The fraction of sp³-hybridized carbons (Fsp3) is 1.00. The standard InChI is InChI=1S/C12H26O2/c1-7-10(13-5)12(9(3)4)11(8-2)14-6/h9-12H,7-8H2,1-6H3. The lowest BCUT2D eigenvalue weighted by Gasteiger charge is -2.34. The molecule has 0 spiro atoms. The van der Waals surface area contributed by atoms with E-state index in [-0.39, 0.29) is 0 Å². The molecular weight excluding hydrogens is 176 g/mol. The van der Waals surface area contributed by atoms with Crippen molar-refractivity contribution in [2.45, 2.75) is 52.7 Å². The Morgan fingerprint density at radius 2 is 1.21 bits per heavy atom. The number of hydrogen-bond donors (Lipinski definition) is 0. The summed E-state index contributed by atoms with van der Waals surface area (Å²) in [7, 11) is 3.60. The smallest absolute Gasteiger partial charge is 0.0624 e. The molecule has 2 atom stereocenters. The van der Waals surface area contributed by atoms with E-state index in [2.05, 4.69) is 27.7 Å². The Morgan fingerprint density at radius 1 is 0.857 bits per heavy atom. The van der Waals surface area contributed by atoms with Crippen LogP contribution in [0.5, 0.6) is 0 Å². The Bertz CT molecular complexity index is 114. The number of ether oxygens (including phenoxy) is 2. The van der Waals surface area contributed by atoms with Gasteiger partial charge in [-0.15, -0.1) is 0 Å². The molecule has 0 aromatic rings. The van der Waals surface area contributed by atoms with E-state index in [1.807, 2.05) is 0 Å². The molecule has 0 saturated heterocycles. The van der Waals surface area contributed by atoms with Crippen LogP contribution in [0.1, 0.15) is 40.5 Å². The number of rotatable bonds is 7. The lowest BCUT2D eigenvalue weighted by molar-refractivity contribution is -0.0545. The van der Waals surface area contributed by atoms with Crippen LogP contribution < -0.4 is 0 Å². The van der Waals surface area contributed by atoms with Crippen molar-refractivity contribution in [2.75, 3.05) is 14.2 Å². The predicted molar refractivity (Wildman–Crippen MR) is 60.5 cm³/mol. The van der Waals surface area contributed by atoms with Crippen molar-refractivity contribution in [3.8, 4) is 0 Å². The van der Waals surface area contributed by atoms with E-state index in [0.717, 1.165) is 12.8 Å². The van der Waals surface area contributed by atoms with Crippen molar-refractivity contribution in [3.63, 3.8) is 0 Å². The van der Waals surface area contributed by atoms with Gasteiger partial charge in [0.25, 0.3) is 0 Å². The summed E-state index contributed by atoms with van der Waals surface area (Å²) in [6.45, 7) is 8.83. The van der Waals surface area contributed by atoms with Gasteiger partial charge in [0.05, 0.1) is 12.2 Å². The van der Waals surface area contributed by atoms with Crippen LogP contribution >= 0.6 is 0 Å². The second-order valence-corrected chi connectivity index (χ2v) is 4.19. The molecule has 0 saturated carbocycles. The largest absolute Gasteiger partial charge is 0.381 e. The third kappa shape index (κ3) is 3.58. The molecule has 0 radical (unpaired) electrons. The van der Waals surface area contributed by atoms with Crippen molar-refractivity contribution in [3.05, 3.63) is 0 Å². The van der Waals surface area contributed by atoms with E-state index in [9.17, 15) is 0 Å². The minimum absolute atomic E-state index is 0.319. The first-order valence-corrected chi connectivity index (χ1v) is 5.67. The van der Waals surface area contributed by atoms with Crippen molar-refractivity contribution in [1.82, 2.24) is 0 Å². The highest BCUT2D eigenvalue weighted by Gasteiger charge is 2.30. The van der Waals surface area contributed by atoms with Gasteiger partial charge in [-0.25, -0.2) is 0 Å². The maximum Gasteiger partial charge on any atom is 0.0624 e. The number of methoxy groups -OCH3 is 2. The van der Waals surface area contributed by atoms with Gasteiger partial charge in [-0.3, -0.25) is 0 Å². The quantitative estimate of drug-likeness (QED) is 0.631. The Balaban J connectivity index is 4.54. The van der Waals surface area contributed by atoms with Gasteiger partial charge in [0, 0.05) is 20.1 Å². The van der Waals surface area contributed by atoms with Crippen LogP contribution in [0.15, 0.2) is 0 Å². The van der Waals surface area contributed by atoms with Crippen LogP contribution in [0.3, 0.4) is 0 Å². The van der Waals surface area contributed by atoms with Crippen molar-refractivity contribution in [2.24, 2.45) is 11.8 Å². The summed E-state index contributed by atoms with van der Waals surface area (Å²) in [6, 6.07) is 0. The van der Waals surface area contributed by atoms with E-state index < -0.39 is 0 Å². The molecule has 2 heteroatoms. The Morgan fingerprint density at radius 3 is 1.36 bits per heavy atom. The van der Waals surface area contributed by atoms with Gasteiger partial charge in [-0.1, -0.05) is 27.7 Å². The molecule has 14 heavy (non-hydrogen) atoms. The SMILES string of the molecule is CCC(OC)C(C(C)C)C(CC)OC. The van der Waals surface area contributed by atoms with Gasteiger partial charge in [-0.05, 0) is 18.8 Å². The van der Waals surface area contributed by atoms with Gasteiger partial charge >= 0.3 is 0 Å². The van der Waals surface area contributed by atoms with E-state index in [0.29, 0.717) is 24.0 Å². The van der Waals surface area contributed by atoms with Gasteiger partial charge in [0.2, 0.25) is 0 Å². The molecule has 0 aromatic carbocycles. The Hall–Kier alpha value is -0.0800. The highest BCUT2D eigenvalue weighted by Crippen LogP contribution is 2.27. The zero-order valence-corrected chi connectivity index (χ0v) is 10.5. The third-order valence-electron chi connectivity index (χ3n) is 3.04. The summed E-state index contributed by atoms with van der Waals surface area (Å²) in [4.78, 5) is 0. The lowest BCUT2D eigenvalue weighted by atomic mass is 9.83. The zero-order valence-electron chi connectivity index (χ0n) is 10.5. The average molecular weight is 202 g/mol. The fourth-order valence-corrected chi connectivity index (χ4v) is 2.29. The van der Waals surface area contributed by atoms with Gasteiger partial charge in [-0.2, -0.15) is 0 Å². The topological polar surface area (TPSA) is 18.5 Å². The van der Waals surface area contributed by atoms with E-state index in [4.69, 9.17) is 9.47 Å². The van der Waals surface area contributed by atoms with Crippen LogP contribution in [-0.2, 0) is 9.47 Å². The first-order chi connectivity index (χ1) is 6.62. The van der Waals surface area contributed by atoms with Crippen LogP contribution in [0, 0.1) is 11.8 Å². The van der Waals surface area contributed by atoms with Crippen LogP contribution in [0.4, 0.5) is 0 Å². The van der Waals surface area contributed by atoms with E-state index >= 15 is 0 Å². The molecule has 86 valence electrons. The molecule has 2 unspecified atom stereocenters. The van der Waals surface area contributed by atoms with Gasteiger partial charge < -0.3 is 9.47 Å². The van der Waals surface area contributed by atoms with Crippen molar-refractivity contribution in [1.29, 1.82) is 0 Å². The normalized spacial score (nSPS) is 18.2. The summed E-state index contributed by atoms with van der Waals surface area (Å²) >= 11 is 0. The second kappa shape index (κ2) is 7.24. The number of hydrogen-bond acceptors (Lipinski definition) is 2. The molecule has 0 rings (SSSR count). The first kappa shape index (κ1) is 13.9. The molecule has 0 aromatic heterocycles. The zero-order chi connectivity index (χ0) is 11.1. The summed E-state index contributed by atoms with van der Waals surface area (Å²) in [5, 5.41) is 0. The van der Waals surface area contributed by atoms with E-state index in [1.54, 1.807) is 14.2 Å². The molecule has 0 heterocycles. The Kier molecular flexibility index (Phi) is 7.20. The third-order valence-corrected chi connectivity index (χ3v) is 3.04. The second-order valence-electron chi connectivity index (χ2n) is 4.19. The average Bonchev–Trinajstić information content (AvgIpc) is 2.18. The molecule has 0 N–H and O–H groups in total. The maximum absolute atomic E-state index is 5.53. The maximum atomic E-state index is 5.53. The molecular formula is C12H26O2. The van der Waals surface area contributed by atoms with Gasteiger partial charge in [0.15, 0.2) is 0 Å². The van der Waals surface area contributed by atoms with Gasteiger partial charge in [0.1, 0.15) is 0 Å². The molecule has 2 nitrogen and oxygen atoms in total. The minimum atomic E-state index is 0.319. The predicted octanol–water partition coefficient (Wildman–Crippen LogP) is 3.11. The fourth-order valence-electron chi connectivity index (χ4n) is 2.29. The van der Waals surface area contributed by atoms with E-state index in [1.165, 1.54) is 0 Å². The van der Waals surface area contributed by atoms with Crippen LogP contribution in [-0.4, -0.2) is 26.4 Å². The summed E-state index contributed by atoms with van der Waals surface area (Å²) in [5.74, 6) is 1.10. The Labute approximate surface area is 89.0 Å². The lowest BCUT2D eigenvalue weighted by Crippen LogP contribution is -2.37. The van der Waals surface area contributed by atoms with Crippen LogP contribution in [0.2, 0.25) is 0 Å². The first-order valence-electron chi connectivity index (χ1n) is 5.67. The molecule has 0 aliphatic carbocycles. The summed E-state index contributed by atoms with van der Waals surface area (Å²) < 4.78 is 11.1. The highest BCUT2D eigenvalue weighted by atomic mass is 16.5. The molecule has 0 aliphatic heterocycles. The monoisotopic (exact) mass is 202 g/mol. The molecule has 0 fully saturated rings. The molecule has 0 amide bonds. The van der Waals surface area contributed by atoms with Crippen LogP contribution in [0.25, 0.3) is 0 Å². The molecule has 0 aliphatic rings.